The highest BCUT2D eigenvalue weighted by Gasteiger charge is 2.12. The molecule has 0 atom stereocenters. The van der Waals surface area contributed by atoms with Gasteiger partial charge in [0.1, 0.15) is 6.33 Å². The summed E-state index contributed by atoms with van der Waals surface area (Å²) >= 11 is 0. The second-order valence-corrected chi connectivity index (χ2v) is 6.33. The molecule has 0 radical (unpaired) electrons. The molecule has 0 spiro atoms. The molecule has 3 aromatic carbocycles. The molecule has 0 N–H and O–H groups in total. The van der Waals surface area contributed by atoms with Crippen LogP contribution in [0.2, 0.25) is 0 Å². The van der Waals surface area contributed by atoms with Gasteiger partial charge < -0.3 is 4.74 Å². The fourth-order valence-electron chi connectivity index (χ4n) is 3.20. The maximum atomic E-state index is 12.2. The Bertz CT molecular complexity index is 1130. The van der Waals surface area contributed by atoms with E-state index in [1.54, 1.807) is 13.3 Å². The summed E-state index contributed by atoms with van der Waals surface area (Å²) in [6.45, 7) is 2.13. The lowest BCUT2D eigenvalue weighted by Gasteiger charge is -2.12. The van der Waals surface area contributed by atoms with E-state index >= 15 is 0 Å². The van der Waals surface area contributed by atoms with Gasteiger partial charge in [0.2, 0.25) is 0 Å². The van der Waals surface area contributed by atoms with Gasteiger partial charge in [0.15, 0.2) is 0 Å². The lowest BCUT2D eigenvalue weighted by Crippen LogP contribution is -2.05. The molecule has 4 aromatic rings. The second kappa shape index (κ2) is 7.92. The molecule has 0 aliphatic carbocycles. The second-order valence-electron chi connectivity index (χ2n) is 6.33. The number of hydrogen-bond donors (Lipinski definition) is 0. The van der Waals surface area contributed by atoms with Gasteiger partial charge in [-0.2, -0.15) is 0 Å². The summed E-state index contributed by atoms with van der Waals surface area (Å²) in [7, 11) is 0. The minimum Gasteiger partial charge on any atom is -0.463 e. The Morgan fingerprint density at radius 2 is 1.61 bits per heavy atom. The lowest BCUT2D eigenvalue weighted by molar-refractivity contribution is -0.137. The van der Waals surface area contributed by atoms with E-state index in [-0.39, 0.29) is 5.97 Å². The summed E-state index contributed by atoms with van der Waals surface area (Å²) in [4.78, 5) is 16.7. The van der Waals surface area contributed by atoms with Crippen molar-refractivity contribution in [1.82, 2.24) is 9.55 Å². The van der Waals surface area contributed by atoms with E-state index in [2.05, 4.69) is 29.2 Å². The van der Waals surface area contributed by atoms with E-state index < -0.39 is 0 Å². The molecule has 0 aliphatic heterocycles. The third-order valence-corrected chi connectivity index (χ3v) is 4.54. The van der Waals surface area contributed by atoms with Gasteiger partial charge in [0.05, 0.1) is 23.3 Å². The number of rotatable bonds is 5. The SMILES string of the molecule is CCOC(=O)C=C(c1ccc(-c2ccccc2)cc1)n1cnc2ccccc21. The van der Waals surface area contributed by atoms with Crippen molar-refractivity contribution in [3.63, 3.8) is 0 Å². The van der Waals surface area contributed by atoms with E-state index in [0.29, 0.717) is 6.61 Å². The monoisotopic (exact) mass is 368 g/mol. The predicted molar refractivity (Wildman–Crippen MR) is 112 cm³/mol. The number of esters is 1. The Morgan fingerprint density at radius 1 is 0.929 bits per heavy atom. The van der Waals surface area contributed by atoms with Crippen LogP contribution in [0.1, 0.15) is 12.5 Å². The molecule has 0 unspecified atom stereocenters. The van der Waals surface area contributed by atoms with Gasteiger partial charge in [-0.25, -0.2) is 9.78 Å². The predicted octanol–water partition coefficient (Wildman–Crippen LogP) is 5.16. The average Bonchev–Trinajstić information content (AvgIpc) is 3.17. The van der Waals surface area contributed by atoms with Crippen LogP contribution in [-0.2, 0) is 9.53 Å². The number of carbonyl (C=O) groups is 1. The highest BCUT2D eigenvalue weighted by atomic mass is 16.5. The number of hydrogen-bond acceptors (Lipinski definition) is 3. The Morgan fingerprint density at radius 3 is 2.36 bits per heavy atom. The van der Waals surface area contributed by atoms with Crippen LogP contribution < -0.4 is 0 Å². The first kappa shape index (κ1) is 17.7. The zero-order chi connectivity index (χ0) is 19.3. The molecule has 0 saturated heterocycles. The molecular formula is C24H20N2O2. The minimum absolute atomic E-state index is 0.334. The summed E-state index contributed by atoms with van der Waals surface area (Å²) in [6, 6.07) is 26.2. The molecule has 0 bridgehead atoms. The summed E-state index contributed by atoms with van der Waals surface area (Å²) in [5.41, 5.74) is 5.72. The van der Waals surface area contributed by atoms with Crippen molar-refractivity contribution < 1.29 is 9.53 Å². The summed E-state index contributed by atoms with van der Waals surface area (Å²) in [6.07, 6.45) is 3.26. The first-order chi connectivity index (χ1) is 13.8. The first-order valence-corrected chi connectivity index (χ1v) is 9.23. The molecule has 1 aromatic heterocycles. The highest BCUT2D eigenvalue weighted by Crippen LogP contribution is 2.26. The highest BCUT2D eigenvalue weighted by molar-refractivity contribution is 5.94. The van der Waals surface area contributed by atoms with Crippen LogP contribution in [0.4, 0.5) is 0 Å². The largest absolute Gasteiger partial charge is 0.463 e. The van der Waals surface area contributed by atoms with Gasteiger partial charge >= 0.3 is 5.97 Å². The molecule has 4 heteroatoms. The topological polar surface area (TPSA) is 44.1 Å². The van der Waals surface area contributed by atoms with Crippen LogP contribution in [-0.4, -0.2) is 22.1 Å². The molecule has 4 rings (SSSR count). The van der Waals surface area contributed by atoms with Gasteiger partial charge in [-0.1, -0.05) is 66.7 Å². The van der Waals surface area contributed by atoms with E-state index in [9.17, 15) is 4.79 Å². The number of ether oxygens (including phenoxy) is 1. The van der Waals surface area contributed by atoms with Gasteiger partial charge in [0.25, 0.3) is 0 Å². The summed E-state index contributed by atoms with van der Waals surface area (Å²) < 4.78 is 7.07. The third kappa shape index (κ3) is 3.58. The molecule has 1 heterocycles. The maximum absolute atomic E-state index is 12.2. The van der Waals surface area contributed by atoms with E-state index in [4.69, 9.17) is 4.74 Å². The summed E-state index contributed by atoms with van der Waals surface area (Å²) in [5, 5.41) is 0. The van der Waals surface area contributed by atoms with Crippen molar-refractivity contribution in [3.8, 4) is 11.1 Å². The number of carbonyl (C=O) groups excluding carboxylic acids is 1. The van der Waals surface area contributed by atoms with Gasteiger partial charge in [-0.3, -0.25) is 4.57 Å². The standard InChI is InChI=1S/C24H20N2O2/c1-2-28-24(27)16-23(26-17-25-21-10-6-7-11-22(21)26)20-14-12-19(13-15-20)18-8-4-3-5-9-18/h3-17H,2H2,1H3. The number of fused-ring (bicyclic) bond motifs is 1. The maximum Gasteiger partial charge on any atom is 0.332 e. The number of aromatic nitrogens is 2. The van der Waals surface area contributed by atoms with Crippen LogP contribution in [0.15, 0.2) is 91.3 Å². The third-order valence-electron chi connectivity index (χ3n) is 4.54. The van der Waals surface area contributed by atoms with Crippen molar-refractivity contribution >= 4 is 22.7 Å². The van der Waals surface area contributed by atoms with Crippen LogP contribution in [0.5, 0.6) is 0 Å². The fraction of sp³-hybridized carbons (Fsp3) is 0.0833. The van der Waals surface area contributed by atoms with E-state index in [1.807, 2.05) is 59.2 Å². The number of para-hydroxylation sites is 2. The molecule has 0 fully saturated rings. The fourth-order valence-corrected chi connectivity index (χ4v) is 3.20. The quantitative estimate of drug-likeness (QED) is 0.361. The van der Waals surface area contributed by atoms with Crippen molar-refractivity contribution in [1.29, 1.82) is 0 Å². The summed E-state index contributed by atoms with van der Waals surface area (Å²) in [5.74, 6) is -0.373. The Balaban J connectivity index is 1.79. The molecule has 4 nitrogen and oxygen atoms in total. The van der Waals surface area contributed by atoms with Gasteiger partial charge in [-0.05, 0) is 35.7 Å². The zero-order valence-electron chi connectivity index (χ0n) is 15.6. The van der Waals surface area contributed by atoms with Crippen LogP contribution in [0.25, 0.3) is 27.9 Å². The number of imidazole rings is 1. The normalized spacial score (nSPS) is 11.5. The number of nitrogens with zero attached hydrogens (tertiary/aromatic N) is 2. The van der Waals surface area contributed by atoms with E-state index in [1.165, 1.54) is 6.08 Å². The minimum atomic E-state index is -0.373. The Labute approximate surface area is 163 Å². The van der Waals surface area contributed by atoms with Crippen molar-refractivity contribution in [2.24, 2.45) is 0 Å². The van der Waals surface area contributed by atoms with Crippen molar-refractivity contribution in [2.45, 2.75) is 6.92 Å². The molecule has 138 valence electrons. The zero-order valence-corrected chi connectivity index (χ0v) is 15.6. The molecule has 0 aliphatic rings. The first-order valence-electron chi connectivity index (χ1n) is 9.23. The van der Waals surface area contributed by atoms with Gasteiger partial charge in [-0.15, -0.1) is 0 Å². The van der Waals surface area contributed by atoms with Crippen LogP contribution in [0.3, 0.4) is 0 Å². The Hall–Kier alpha value is -3.66. The van der Waals surface area contributed by atoms with E-state index in [0.717, 1.165) is 33.4 Å². The lowest BCUT2D eigenvalue weighted by atomic mass is 10.0. The van der Waals surface area contributed by atoms with Crippen molar-refractivity contribution in [3.05, 3.63) is 96.8 Å². The molecule has 0 amide bonds. The molecule has 0 saturated carbocycles. The number of benzene rings is 3. The Kier molecular flexibility index (Phi) is 5.02. The average molecular weight is 368 g/mol. The van der Waals surface area contributed by atoms with Crippen molar-refractivity contribution in [2.75, 3.05) is 6.61 Å². The van der Waals surface area contributed by atoms with Crippen LogP contribution >= 0.6 is 0 Å². The van der Waals surface area contributed by atoms with Gasteiger partial charge in [0, 0.05) is 6.08 Å². The molecular weight excluding hydrogens is 348 g/mol. The molecule has 28 heavy (non-hydrogen) atoms. The van der Waals surface area contributed by atoms with Crippen LogP contribution in [0, 0.1) is 0 Å². The smallest absolute Gasteiger partial charge is 0.332 e.